The lowest BCUT2D eigenvalue weighted by Crippen LogP contribution is -2.55. The van der Waals surface area contributed by atoms with E-state index in [1.165, 1.54) is 0 Å². The van der Waals surface area contributed by atoms with Gasteiger partial charge in [-0.25, -0.2) is 22.4 Å². The Hall–Kier alpha value is -3.26. The van der Waals surface area contributed by atoms with Gasteiger partial charge in [-0.15, -0.1) is 0 Å². The van der Waals surface area contributed by atoms with Crippen molar-refractivity contribution < 1.29 is 51.7 Å². The third kappa shape index (κ3) is 8.86. The van der Waals surface area contributed by atoms with Crippen LogP contribution >= 0.6 is 0 Å². The number of likely N-dealkylation sites (tertiary alicyclic amines) is 1. The molecule has 1 aromatic rings. The van der Waals surface area contributed by atoms with Crippen LogP contribution in [0.2, 0.25) is 0 Å². The molecule has 3 rings (SSSR count). The molecule has 1 aliphatic heterocycles. The first-order chi connectivity index (χ1) is 19.3. The number of rotatable bonds is 14. The molecular formula is C27H35F4N3O7. The third-order valence-electron chi connectivity index (χ3n) is 7.11. The molecule has 228 valence electrons. The number of carboxylic acids is 1. The Labute approximate surface area is 234 Å². The van der Waals surface area contributed by atoms with E-state index in [0.29, 0.717) is 24.7 Å². The Morgan fingerprint density at radius 3 is 2.29 bits per heavy atom. The number of alkyl halides is 2. The second-order valence-corrected chi connectivity index (χ2v) is 10.8. The number of aliphatic hydroxyl groups excluding tert-OH is 1. The fourth-order valence-electron chi connectivity index (χ4n) is 4.50. The molecule has 41 heavy (non-hydrogen) atoms. The van der Waals surface area contributed by atoms with E-state index in [2.05, 4.69) is 10.6 Å². The predicted molar refractivity (Wildman–Crippen MR) is 136 cm³/mol. The summed E-state index contributed by atoms with van der Waals surface area (Å²) in [5.74, 6) is -6.52. The van der Waals surface area contributed by atoms with Crippen molar-refractivity contribution >= 4 is 23.7 Å². The lowest BCUT2D eigenvalue weighted by atomic mass is 10.1. The molecule has 1 saturated heterocycles. The summed E-state index contributed by atoms with van der Waals surface area (Å²) in [4.78, 5) is 50.9. The van der Waals surface area contributed by atoms with Crippen LogP contribution in [0.5, 0.6) is 0 Å². The van der Waals surface area contributed by atoms with Crippen LogP contribution in [0.3, 0.4) is 0 Å². The molecule has 1 aromatic carbocycles. The van der Waals surface area contributed by atoms with Crippen LogP contribution in [-0.2, 0) is 25.5 Å². The van der Waals surface area contributed by atoms with Gasteiger partial charge in [-0.2, -0.15) is 0 Å². The largest absolute Gasteiger partial charge is 0.478 e. The Bertz CT molecular complexity index is 1110. The highest BCUT2D eigenvalue weighted by Crippen LogP contribution is 2.31. The molecule has 1 aliphatic carbocycles. The molecular weight excluding hydrogens is 554 g/mol. The van der Waals surface area contributed by atoms with Crippen LogP contribution < -0.4 is 10.6 Å². The monoisotopic (exact) mass is 589 g/mol. The van der Waals surface area contributed by atoms with Gasteiger partial charge in [-0.1, -0.05) is 13.8 Å². The van der Waals surface area contributed by atoms with Crippen molar-refractivity contribution in [3.8, 4) is 0 Å². The quantitative estimate of drug-likeness (QED) is 0.243. The molecule has 0 spiro atoms. The molecule has 0 bridgehead atoms. The number of carboxylic acid groups (broad SMARTS) is 1. The summed E-state index contributed by atoms with van der Waals surface area (Å²) in [5, 5.41) is 23.7. The molecule has 3 amide bonds. The lowest BCUT2D eigenvalue weighted by Gasteiger charge is -2.28. The van der Waals surface area contributed by atoms with Crippen LogP contribution in [0.4, 0.5) is 17.6 Å². The molecule has 1 saturated carbocycles. The van der Waals surface area contributed by atoms with Gasteiger partial charge >= 0.3 is 5.97 Å². The van der Waals surface area contributed by atoms with E-state index in [-0.39, 0.29) is 13.0 Å². The Balaban J connectivity index is 1.66. The molecule has 1 heterocycles. The summed E-state index contributed by atoms with van der Waals surface area (Å²) >= 11 is 0. The Kier molecular flexibility index (Phi) is 11.1. The maximum Gasteiger partial charge on any atom is 0.335 e. The zero-order chi connectivity index (χ0) is 30.4. The van der Waals surface area contributed by atoms with Gasteiger partial charge in [0.2, 0.25) is 18.2 Å². The van der Waals surface area contributed by atoms with Crippen molar-refractivity contribution in [2.45, 2.75) is 76.7 Å². The van der Waals surface area contributed by atoms with Gasteiger partial charge in [0.25, 0.3) is 5.91 Å². The van der Waals surface area contributed by atoms with Gasteiger partial charge in [0.05, 0.1) is 11.7 Å². The predicted octanol–water partition coefficient (Wildman–Crippen LogP) is 1.87. The van der Waals surface area contributed by atoms with Gasteiger partial charge in [0.15, 0.2) is 0 Å². The summed E-state index contributed by atoms with van der Waals surface area (Å²) in [7, 11) is 0. The highest BCUT2D eigenvalue weighted by atomic mass is 19.3. The molecule has 4 atom stereocenters. The second-order valence-electron chi connectivity index (χ2n) is 10.8. The third-order valence-corrected chi connectivity index (χ3v) is 7.11. The maximum atomic E-state index is 14.2. The molecule has 4 N–H and O–H groups in total. The Morgan fingerprint density at radius 2 is 1.76 bits per heavy atom. The highest BCUT2D eigenvalue weighted by Gasteiger charge is 2.43. The van der Waals surface area contributed by atoms with Gasteiger partial charge in [0, 0.05) is 38.1 Å². The van der Waals surface area contributed by atoms with Crippen molar-refractivity contribution in [3.63, 3.8) is 0 Å². The number of hydrogen-bond donors (Lipinski definition) is 4. The molecule has 0 radical (unpaired) electrons. The minimum atomic E-state index is -3.00. The van der Waals surface area contributed by atoms with Gasteiger partial charge < -0.3 is 30.5 Å². The molecule has 2 aliphatic rings. The number of hydrogen-bond acceptors (Lipinski definition) is 6. The SMILES string of the molecule is CC(C)[C@H](O)C(=O)N1C[C@H](OCC2CC2)CC1C(=O)N[C@@H](CC(F)F)C(=O)NCCc1c(F)cc(C(=O)O)cc1F. The van der Waals surface area contributed by atoms with Crippen molar-refractivity contribution in [1.82, 2.24) is 15.5 Å². The first-order valence-corrected chi connectivity index (χ1v) is 13.5. The van der Waals surface area contributed by atoms with Crippen molar-refractivity contribution in [2.75, 3.05) is 19.7 Å². The number of aromatic carboxylic acids is 1. The second kappa shape index (κ2) is 14.1. The van der Waals surface area contributed by atoms with Crippen LogP contribution in [0.15, 0.2) is 12.1 Å². The summed E-state index contributed by atoms with van der Waals surface area (Å²) in [6.07, 6.45) is -4.33. The fraction of sp³-hybridized carbons (Fsp3) is 0.630. The van der Waals surface area contributed by atoms with Gasteiger partial charge in [0.1, 0.15) is 29.8 Å². The van der Waals surface area contributed by atoms with Crippen molar-refractivity contribution in [3.05, 3.63) is 34.9 Å². The number of amides is 3. The minimum Gasteiger partial charge on any atom is -0.478 e. The first kappa shape index (κ1) is 32.3. The summed E-state index contributed by atoms with van der Waals surface area (Å²) in [6, 6.07) is -1.67. The van der Waals surface area contributed by atoms with E-state index in [4.69, 9.17) is 9.84 Å². The van der Waals surface area contributed by atoms with E-state index >= 15 is 0 Å². The topological polar surface area (TPSA) is 145 Å². The average Bonchev–Trinajstić information content (AvgIpc) is 3.63. The van der Waals surface area contributed by atoms with E-state index in [0.717, 1.165) is 17.7 Å². The lowest BCUT2D eigenvalue weighted by molar-refractivity contribution is -0.147. The zero-order valence-corrected chi connectivity index (χ0v) is 22.7. The Morgan fingerprint density at radius 1 is 1.12 bits per heavy atom. The van der Waals surface area contributed by atoms with E-state index in [1.54, 1.807) is 13.8 Å². The number of ether oxygens (including phenoxy) is 1. The number of halogens is 4. The molecule has 0 aromatic heterocycles. The number of carbonyl (C=O) groups excluding carboxylic acids is 3. The summed E-state index contributed by atoms with van der Waals surface area (Å²) in [5.41, 5.74) is -1.11. The summed E-state index contributed by atoms with van der Waals surface area (Å²) < 4.78 is 60.8. The molecule has 1 unspecified atom stereocenters. The van der Waals surface area contributed by atoms with E-state index in [1.807, 2.05) is 0 Å². The number of aliphatic hydroxyl groups is 1. The number of benzene rings is 1. The molecule has 14 heteroatoms. The smallest absolute Gasteiger partial charge is 0.335 e. The minimum absolute atomic E-state index is 0.0108. The molecule has 2 fully saturated rings. The summed E-state index contributed by atoms with van der Waals surface area (Å²) in [6.45, 7) is 3.30. The van der Waals surface area contributed by atoms with Crippen LogP contribution in [-0.4, -0.2) is 89.2 Å². The maximum absolute atomic E-state index is 14.2. The van der Waals surface area contributed by atoms with Gasteiger partial charge in [-0.05, 0) is 43.2 Å². The van der Waals surface area contributed by atoms with Crippen molar-refractivity contribution in [1.29, 1.82) is 0 Å². The number of nitrogens with zero attached hydrogens (tertiary/aromatic N) is 1. The van der Waals surface area contributed by atoms with Crippen LogP contribution in [0, 0.1) is 23.5 Å². The highest BCUT2D eigenvalue weighted by molar-refractivity contribution is 5.93. The zero-order valence-electron chi connectivity index (χ0n) is 22.7. The van der Waals surface area contributed by atoms with Crippen LogP contribution in [0.25, 0.3) is 0 Å². The van der Waals surface area contributed by atoms with E-state index in [9.17, 15) is 41.8 Å². The van der Waals surface area contributed by atoms with Crippen LogP contribution in [0.1, 0.15) is 55.5 Å². The standard InChI is InChI=1S/C27H35F4N3O7/c1-13(2)23(35)26(38)34-11-16(41-12-14-3-4-14)9-21(34)25(37)33-20(10-22(30)31)24(36)32-6-5-17-18(28)7-15(27(39)40)8-19(17)29/h7-8,13-14,16,20-23,35H,3-6,9-12H2,1-2H3,(H,32,36)(H,33,37)(H,39,40)/t16-,20+,21?,23+/m1/s1. The average molecular weight is 590 g/mol. The molecule has 10 nitrogen and oxygen atoms in total. The van der Waals surface area contributed by atoms with E-state index < -0.39 is 102 Å². The number of carbonyl (C=O) groups is 4. The first-order valence-electron chi connectivity index (χ1n) is 13.5. The normalized spacial score (nSPS) is 20.3. The fourth-order valence-corrected chi connectivity index (χ4v) is 4.50. The van der Waals surface area contributed by atoms with Gasteiger partial charge in [-0.3, -0.25) is 14.4 Å². The number of nitrogens with one attached hydrogen (secondary N) is 2. The van der Waals surface area contributed by atoms with Crippen molar-refractivity contribution in [2.24, 2.45) is 11.8 Å².